The van der Waals surface area contributed by atoms with Gasteiger partial charge in [-0.1, -0.05) is 6.07 Å². The van der Waals surface area contributed by atoms with Gasteiger partial charge in [-0.2, -0.15) is 0 Å². The van der Waals surface area contributed by atoms with Crippen LogP contribution in [0.3, 0.4) is 0 Å². The lowest BCUT2D eigenvalue weighted by Gasteiger charge is -2.14. The van der Waals surface area contributed by atoms with Gasteiger partial charge in [-0.25, -0.2) is 22.4 Å². The van der Waals surface area contributed by atoms with E-state index in [2.05, 4.69) is 0 Å². The van der Waals surface area contributed by atoms with Gasteiger partial charge >= 0.3 is 5.97 Å². The molecule has 0 saturated carbocycles. The summed E-state index contributed by atoms with van der Waals surface area (Å²) in [7, 11) is 0. The predicted octanol–water partition coefficient (Wildman–Crippen LogP) is 3.82. The first-order valence-electron chi connectivity index (χ1n) is 8.55. The number of carbonyl (C=O) groups is 2. The van der Waals surface area contributed by atoms with Gasteiger partial charge in [0.05, 0.1) is 16.8 Å². The fourth-order valence-corrected chi connectivity index (χ4v) is 2.70. The third kappa shape index (κ3) is 4.29. The highest BCUT2D eigenvalue weighted by Gasteiger charge is 2.27. The van der Waals surface area contributed by atoms with Gasteiger partial charge < -0.3 is 4.74 Å². The fraction of sp³-hybridized carbons (Fsp3) is 0.0952. The van der Waals surface area contributed by atoms with E-state index in [9.17, 15) is 31.9 Å². The molecule has 0 saturated heterocycles. The van der Waals surface area contributed by atoms with Crippen molar-refractivity contribution in [3.63, 3.8) is 0 Å². The molecule has 1 aromatic heterocycles. The van der Waals surface area contributed by atoms with Gasteiger partial charge in [0.15, 0.2) is 6.10 Å². The summed E-state index contributed by atoms with van der Waals surface area (Å²) in [5, 5.41) is 0. The molecule has 0 N–H and O–H groups in total. The predicted molar refractivity (Wildman–Crippen MR) is 97.5 cm³/mol. The Labute approximate surface area is 167 Å². The van der Waals surface area contributed by atoms with Gasteiger partial charge in [0, 0.05) is 24.4 Å². The van der Waals surface area contributed by atoms with Gasteiger partial charge in [0.1, 0.15) is 23.3 Å². The molecule has 2 aromatic carbocycles. The quantitative estimate of drug-likeness (QED) is 0.358. The minimum absolute atomic E-state index is 0.147. The average Bonchev–Trinajstić information content (AvgIpc) is 2.67. The number of carbonyl (C=O) groups excluding carboxylic acids is 2. The average molecular weight is 419 g/mol. The van der Waals surface area contributed by atoms with E-state index < -0.39 is 52.2 Å². The Morgan fingerprint density at radius 3 is 2.23 bits per heavy atom. The van der Waals surface area contributed by atoms with Crippen molar-refractivity contribution in [3.8, 4) is 5.69 Å². The number of Topliss-reactive ketones (excluding diaryl/α,β-unsaturated/α-hetero) is 1. The summed E-state index contributed by atoms with van der Waals surface area (Å²) in [6, 6.07) is 7.88. The number of benzene rings is 2. The normalized spacial score (nSPS) is 11.8. The number of halogens is 4. The van der Waals surface area contributed by atoms with Crippen LogP contribution >= 0.6 is 0 Å². The molecule has 0 bridgehead atoms. The summed E-state index contributed by atoms with van der Waals surface area (Å²) in [5.74, 6) is -6.94. The molecule has 0 aliphatic heterocycles. The van der Waals surface area contributed by atoms with Crippen LogP contribution in [0.5, 0.6) is 0 Å². The molecular formula is C21H13F4NO4. The number of esters is 1. The van der Waals surface area contributed by atoms with Crippen molar-refractivity contribution in [2.75, 3.05) is 0 Å². The monoisotopic (exact) mass is 419 g/mol. The van der Waals surface area contributed by atoms with Crippen molar-refractivity contribution in [1.82, 2.24) is 4.57 Å². The number of ether oxygens (including phenoxy) is 1. The minimum atomic E-state index is -1.61. The highest BCUT2D eigenvalue weighted by Crippen LogP contribution is 2.18. The number of ketones is 1. The van der Waals surface area contributed by atoms with Gasteiger partial charge in [0.25, 0.3) is 5.56 Å². The Balaban J connectivity index is 1.85. The van der Waals surface area contributed by atoms with Crippen LogP contribution in [-0.4, -0.2) is 22.4 Å². The molecule has 0 fully saturated rings. The second-order valence-electron chi connectivity index (χ2n) is 6.26. The molecule has 9 heteroatoms. The second kappa shape index (κ2) is 8.32. The molecule has 1 heterocycles. The Morgan fingerprint density at radius 1 is 0.933 bits per heavy atom. The summed E-state index contributed by atoms with van der Waals surface area (Å²) < 4.78 is 60.0. The molecule has 0 amide bonds. The summed E-state index contributed by atoms with van der Waals surface area (Å²) >= 11 is 0. The van der Waals surface area contributed by atoms with E-state index in [0.717, 1.165) is 35.9 Å². The second-order valence-corrected chi connectivity index (χ2v) is 6.26. The summed E-state index contributed by atoms with van der Waals surface area (Å²) in [4.78, 5) is 36.7. The van der Waals surface area contributed by atoms with Gasteiger partial charge in [-0.15, -0.1) is 0 Å². The molecule has 154 valence electrons. The lowest BCUT2D eigenvalue weighted by molar-refractivity contribution is 0.0314. The lowest BCUT2D eigenvalue weighted by Crippen LogP contribution is -2.27. The summed E-state index contributed by atoms with van der Waals surface area (Å²) in [5.41, 5.74) is -1.62. The zero-order valence-corrected chi connectivity index (χ0v) is 15.4. The molecule has 0 spiro atoms. The maximum absolute atomic E-state index is 13.8. The number of pyridine rings is 1. The van der Waals surface area contributed by atoms with E-state index in [1.807, 2.05) is 0 Å². The van der Waals surface area contributed by atoms with Crippen LogP contribution in [-0.2, 0) is 4.74 Å². The standard InChI is InChI=1S/C21H13F4NO4/c1-11(20(28)19-16(24)8-14(23)9-17(19)25)30-21(29)12-5-6-18(27)26(10-12)15-4-2-3-13(22)7-15/h2-11H,1H3. The van der Waals surface area contributed by atoms with Gasteiger partial charge in [-0.3, -0.25) is 14.2 Å². The van der Waals surface area contributed by atoms with E-state index in [-0.39, 0.29) is 11.3 Å². The van der Waals surface area contributed by atoms with Crippen molar-refractivity contribution in [2.24, 2.45) is 0 Å². The smallest absolute Gasteiger partial charge is 0.340 e. The maximum Gasteiger partial charge on any atom is 0.340 e. The van der Waals surface area contributed by atoms with E-state index in [0.29, 0.717) is 12.1 Å². The van der Waals surface area contributed by atoms with Crippen LogP contribution in [0, 0.1) is 23.3 Å². The number of rotatable bonds is 5. The molecule has 30 heavy (non-hydrogen) atoms. The molecule has 3 aromatic rings. The van der Waals surface area contributed by atoms with Crippen molar-refractivity contribution in [3.05, 3.63) is 99.5 Å². The van der Waals surface area contributed by atoms with Gasteiger partial charge in [0.2, 0.25) is 5.78 Å². The first-order valence-corrected chi connectivity index (χ1v) is 8.55. The third-order valence-corrected chi connectivity index (χ3v) is 4.14. The van der Waals surface area contributed by atoms with Crippen molar-refractivity contribution in [2.45, 2.75) is 13.0 Å². The fourth-order valence-electron chi connectivity index (χ4n) is 2.70. The highest BCUT2D eigenvalue weighted by atomic mass is 19.1. The zero-order chi connectivity index (χ0) is 22.0. The number of hydrogen-bond donors (Lipinski definition) is 0. The van der Waals surface area contributed by atoms with Crippen molar-refractivity contribution < 1.29 is 31.9 Å². The highest BCUT2D eigenvalue weighted by molar-refractivity contribution is 6.01. The SMILES string of the molecule is CC(OC(=O)c1ccc(=O)n(-c2cccc(F)c2)c1)C(=O)c1c(F)cc(F)cc1F. The van der Waals surface area contributed by atoms with Crippen LogP contribution in [0.4, 0.5) is 17.6 Å². The minimum Gasteiger partial charge on any atom is -0.451 e. The molecular weight excluding hydrogens is 406 g/mol. The topological polar surface area (TPSA) is 65.4 Å². The number of aromatic nitrogens is 1. The first-order chi connectivity index (χ1) is 14.2. The number of hydrogen-bond acceptors (Lipinski definition) is 4. The Morgan fingerprint density at radius 2 is 1.60 bits per heavy atom. The molecule has 0 radical (unpaired) electrons. The Kier molecular flexibility index (Phi) is 5.81. The molecule has 3 rings (SSSR count). The maximum atomic E-state index is 13.8. The van der Waals surface area contributed by atoms with E-state index in [4.69, 9.17) is 4.74 Å². The third-order valence-electron chi connectivity index (χ3n) is 4.14. The molecule has 1 unspecified atom stereocenters. The molecule has 5 nitrogen and oxygen atoms in total. The molecule has 0 aliphatic rings. The lowest BCUT2D eigenvalue weighted by atomic mass is 10.1. The van der Waals surface area contributed by atoms with E-state index in [1.54, 1.807) is 0 Å². The molecule has 1 atom stereocenters. The van der Waals surface area contributed by atoms with Crippen molar-refractivity contribution in [1.29, 1.82) is 0 Å². The van der Waals surface area contributed by atoms with Crippen LogP contribution in [0.25, 0.3) is 5.69 Å². The zero-order valence-electron chi connectivity index (χ0n) is 15.4. The van der Waals surface area contributed by atoms with Crippen molar-refractivity contribution >= 4 is 11.8 Å². The number of nitrogens with zero attached hydrogens (tertiary/aromatic N) is 1. The van der Waals surface area contributed by atoms with E-state index >= 15 is 0 Å². The summed E-state index contributed by atoms with van der Waals surface area (Å²) in [6.45, 7) is 1.09. The Bertz CT molecular complexity index is 1180. The first kappa shape index (κ1) is 21.0. The summed E-state index contributed by atoms with van der Waals surface area (Å²) in [6.07, 6.45) is -0.531. The molecule has 0 aliphatic carbocycles. The van der Waals surface area contributed by atoms with Crippen LogP contribution in [0.15, 0.2) is 59.5 Å². The van der Waals surface area contributed by atoms with E-state index in [1.165, 1.54) is 18.2 Å². The largest absolute Gasteiger partial charge is 0.451 e. The Hall–Kier alpha value is -3.75. The van der Waals surface area contributed by atoms with Crippen LogP contribution in [0.1, 0.15) is 27.6 Å². The van der Waals surface area contributed by atoms with Crippen LogP contribution in [0.2, 0.25) is 0 Å². The van der Waals surface area contributed by atoms with Crippen LogP contribution < -0.4 is 5.56 Å². The van der Waals surface area contributed by atoms with Gasteiger partial charge in [-0.05, 0) is 31.2 Å².